The summed E-state index contributed by atoms with van der Waals surface area (Å²) >= 11 is 6.29. The maximum absolute atomic E-state index is 12.1. The van der Waals surface area contributed by atoms with Crippen molar-refractivity contribution in [3.05, 3.63) is 41.4 Å². The first-order chi connectivity index (χ1) is 12.0. The molecule has 25 heavy (non-hydrogen) atoms. The molecule has 0 radical (unpaired) electrons. The van der Waals surface area contributed by atoms with Crippen molar-refractivity contribution in [2.75, 3.05) is 25.5 Å². The van der Waals surface area contributed by atoms with E-state index >= 15 is 0 Å². The van der Waals surface area contributed by atoms with Crippen LogP contribution in [-0.2, 0) is 9.53 Å². The van der Waals surface area contributed by atoms with Gasteiger partial charge in [0.2, 0.25) is 11.9 Å². The van der Waals surface area contributed by atoms with Crippen LogP contribution in [-0.4, -0.2) is 53.4 Å². The molecule has 2 N–H and O–H groups in total. The van der Waals surface area contributed by atoms with Gasteiger partial charge >= 0.3 is 0 Å². The van der Waals surface area contributed by atoms with Crippen LogP contribution in [0.5, 0.6) is 0 Å². The van der Waals surface area contributed by atoms with Crippen LogP contribution in [0, 0.1) is 0 Å². The van der Waals surface area contributed by atoms with Crippen molar-refractivity contribution in [2.24, 2.45) is 0 Å². The van der Waals surface area contributed by atoms with E-state index in [1.807, 2.05) is 12.1 Å². The van der Waals surface area contributed by atoms with Crippen LogP contribution in [0.1, 0.15) is 11.6 Å². The Morgan fingerprint density at radius 3 is 2.92 bits per heavy atom. The maximum Gasteiger partial charge on any atom is 0.246 e. The van der Waals surface area contributed by atoms with Gasteiger partial charge in [-0.3, -0.25) is 4.79 Å². The number of amides is 1. The summed E-state index contributed by atoms with van der Waals surface area (Å²) in [6, 6.07) is 5.20. The number of anilines is 1. The normalized spacial score (nSPS) is 17.3. The third-order valence-corrected chi connectivity index (χ3v) is 4.13. The molecular weight excluding hydrogens is 340 g/mol. The van der Waals surface area contributed by atoms with Crippen LogP contribution in [0.4, 0.5) is 5.95 Å². The number of nitrogen functional groups attached to an aromatic ring is 1. The second kappa shape index (κ2) is 7.20. The molecule has 9 heteroatoms. The second-order valence-corrected chi connectivity index (χ2v) is 6.10. The van der Waals surface area contributed by atoms with Crippen molar-refractivity contribution in [1.82, 2.24) is 19.9 Å². The van der Waals surface area contributed by atoms with E-state index in [9.17, 15) is 4.79 Å². The van der Waals surface area contributed by atoms with Crippen LogP contribution >= 0.6 is 11.6 Å². The number of hydrogen-bond acceptors (Lipinski definition) is 6. The topological polar surface area (TPSA) is 94.2 Å². The number of carbonyl (C=O) groups excluding carboxylic acids is 1. The minimum absolute atomic E-state index is 0.143. The van der Waals surface area contributed by atoms with Gasteiger partial charge in [0.15, 0.2) is 13.7 Å². The van der Waals surface area contributed by atoms with Crippen LogP contribution in [0.2, 0.25) is 5.02 Å². The largest absolute Gasteiger partial charge is 0.377 e. The number of halogens is 1. The van der Waals surface area contributed by atoms with Gasteiger partial charge in [-0.2, -0.15) is 4.98 Å². The summed E-state index contributed by atoms with van der Waals surface area (Å²) in [5.74, 6) is 0.440. The van der Waals surface area contributed by atoms with Crippen molar-refractivity contribution in [2.45, 2.75) is 6.04 Å². The highest BCUT2D eigenvalue weighted by Crippen LogP contribution is 2.30. The van der Waals surface area contributed by atoms with E-state index in [1.54, 1.807) is 18.8 Å². The Kier molecular flexibility index (Phi) is 5.01. The Bertz CT molecular complexity index is 812. The summed E-state index contributed by atoms with van der Waals surface area (Å²) in [6.07, 6.45) is 1.31. The molecule has 1 fully saturated rings. The first-order valence-electron chi connectivity index (χ1n) is 7.77. The SMILES string of the molecule is Bc1nc(N)nc(-c2cc(Cl)cc([C@@H]3COCCN3C(=O)C=C)c2)n1. The molecule has 0 aliphatic carbocycles. The number of aromatic nitrogens is 3. The highest BCUT2D eigenvalue weighted by Gasteiger charge is 2.28. The van der Waals surface area contributed by atoms with Crippen molar-refractivity contribution in [3.63, 3.8) is 0 Å². The number of hydrogen-bond donors (Lipinski definition) is 1. The Morgan fingerprint density at radius 1 is 1.40 bits per heavy atom. The van der Waals surface area contributed by atoms with Gasteiger partial charge < -0.3 is 15.4 Å². The summed E-state index contributed by atoms with van der Waals surface area (Å²) < 4.78 is 5.55. The Balaban J connectivity index is 2.03. The van der Waals surface area contributed by atoms with Gasteiger partial charge in [-0.05, 0) is 29.8 Å². The molecule has 7 nitrogen and oxygen atoms in total. The van der Waals surface area contributed by atoms with Crippen molar-refractivity contribution < 1.29 is 9.53 Å². The molecule has 1 aromatic carbocycles. The Hall–Kier alpha value is -2.45. The van der Waals surface area contributed by atoms with Crippen LogP contribution in [0.25, 0.3) is 11.4 Å². The number of ether oxygens (including phenoxy) is 1. The van der Waals surface area contributed by atoms with Gasteiger partial charge in [0, 0.05) is 17.1 Å². The molecule has 0 spiro atoms. The van der Waals surface area contributed by atoms with Crippen molar-refractivity contribution in [3.8, 4) is 11.4 Å². The highest BCUT2D eigenvalue weighted by atomic mass is 35.5. The molecule has 0 bridgehead atoms. The number of nitrogens with zero attached hydrogens (tertiary/aromatic N) is 4. The maximum atomic E-state index is 12.1. The lowest BCUT2D eigenvalue weighted by Gasteiger charge is -2.35. The first kappa shape index (κ1) is 17.4. The van der Waals surface area contributed by atoms with E-state index in [1.165, 1.54) is 6.08 Å². The van der Waals surface area contributed by atoms with Gasteiger partial charge in [-0.1, -0.05) is 18.2 Å². The average Bonchev–Trinajstić information content (AvgIpc) is 2.59. The summed E-state index contributed by atoms with van der Waals surface area (Å²) in [5, 5.41) is 0.515. The lowest BCUT2D eigenvalue weighted by Crippen LogP contribution is -2.42. The number of rotatable bonds is 3. The standard InChI is InChI=1S/C16H17BClN5O2/c1-2-13(24)23-3-4-25-8-12(23)9-5-10(7-11(18)6-9)14-20-15(17)22-16(19)21-14/h2,5-7,12H,1,3-4,8,17H2,(H2,19,20,21,22)/t12-/m0/s1. The molecule has 2 heterocycles. The first-order valence-corrected chi connectivity index (χ1v) is 8.15. The molecular formula is C16H17BClN5O2. The predicted octanol–water partition coefficient (Wildman–Crippen LogP) is 0.118. The third kappa shape index (κ3) is 3.80. The van der Waals surface area contributed by atoms with Gasteiger partial charge in [-0.15, -0.1) is 0 Å². The summed E-state index contributed by atoms with van der Waals surface area (Å²) in [5.41, 5.74) is 7.78. The lowest BCUT2D eigenvalue weighted by molar-refractivity contribution is -0.134. The fraction of sp³-hybridized carbons (Fsp3) is 0.250. The van der Waals surface area contributed by atoms with Crippen LogP contribution in [0.3, 0.4) is 0 Å². The van der Waals surface area contributed by atoms with E-state index in [2.05, 4.69) is 21.5 Å². The molecule has 0 saturated carbocycles. The summed E-state index contributed by atoms with van der Waals surface area (Å²) in [4.78, 5) is 26.3. The number of morpholine rings is 1. The molecule has 0 unspecified atom stereocenters. The Morgan fingerprint density at radius 2 is 2.20 bits per heavy atom. The molecule has 1 aliphatic rings. The minimum Gasteiger partial charge on any atom is -0.377 e. The van der Waals surface area contributed by atoms with E-state index < -0.39 is 0 Å². The fourth-order valence-electron chi connectivity index (χ4n) is 2.83. The van der Waals surface area contributed by atoms with Gasteiger partial charge in [0.05, 0.1) is 25.0 Å². The molecule has 1 amide bonds. The summed E-state index contributed by atoms with van der Waals surface area (Å²) in [6.45, 7) is 4.94. The number of nitrogens with two attached hydrogens (primary N) is 1. The molecule has 1 atom stereocenters. The minimum atomic E-state index is -0.253. The van der Waals surface area contributed by atoms with Gasteiger partial charge in [0.1, 0.15) is 0 Å². The smallest absolute Gasteiger partial charge is 0.246 e. The van der Waals surface area contributed by atoms with Crippen LogP contribution < -0.4 is 11.5 Å². The third-order valence-electron chi connectivity index (χ3n) is 3.91. The monoisotopic (exact) mass is 357 g/mol. The molecule has 2 aromatic rings. The number of benzene rings is 1. The molecule has 1 aliphatic heterocycles. The zero-order chi connectivity index (χ0) is 18.0. The zero-order valence-corrected chi connectivity index (χ0v) is 14.5. The molecule has 1 saturated heterocycles. The molecule has 128 valence electrons. The van der Waals surface area contributed by atoms with Crippen molar-refractivity contribution in [1.29, 1.82) is 0 Å². The quantitative estimate of drug-likeness (QED) is 0.619. The van der Waals surface area contributed by atoms with Crippen LogP contribution in [0.15, 0.2) is 30.9 Å². The van der Waals surface area contributed by atoms with E-state index in [4.69, 9.17) is 22.1 Å². The van der Waals surface area contributed by atoms with Gasteiger partial charge in [-0.25, -0.2) is 9.97 Å². The second-order valence-electron chi connectivity index (χ2n) is 5.66. The fourth-order valence-corrected chi connectivity index (χ4v) is 3.07. The summed E-state index contributed by atoms with van der Waals surface area (Å²) in [7, 11) is 1.74. The van der Waals surface area contributed by atoms with E-state index in [0.717, 1.165) is 5.56 Å². The Labute approximate surface area is 151 Å². The highest BCUT2D eigenvalue weighted by molar-refractivity contribution is 6.31. The predicted molar refractivity (Wildman–Crippen MR) is 98.3 cm³/mol. The number of carbonyl (C=O) groups is 1. The van der Waals surface area contributed by atoms with E-state index in [0.29, 0.717) is 41.9 Å². The molecule has 1 aromatic heterocycles. The lowest BCUT2D eigenvalue weighted by atomic mass is 10.0. The van der Waals surface area contributed by atoms with Gasteiger partial charge in [0.25, 0.3) is 0 Å². The zero-order valence-electron chi connectivity index (χ0n) is 13.8. The molecule has 3 rings (SSSR count). The van der Waals surface area contributed by atoms with Crippen molar-refractivity contribution >= 4 is 37.0 Å². The average molecular weight is 358 g/mol. The van der Waals surface area contributed by atoms with E-state index in [-0.39, 0.29) is 17.9 Å².